The Bertz CT molecular complexity index is 469. The first-order valence-corrected chi connectivity index (χ1v) is 7.90. The summed E-state index contributed by atoms with van der Waals surface area (Å²) >= 11 is 0. The number of rotatable bonds is 5. The lowest BCUT2D eigenvalue weighted by molar-refractivity contribution is -0.134. The van der Waals surface area contributed by atoms with Crippen LogP contribution in [0.4, 0.5) is 5.82 Å². The number of carbonyl (C=O) groups is 1. The fourth-order valence-electron chi connectivity index (χ4n) is 2.79. The molecule has 1 aromatic rings. The Morgan fingerprint density at radius 2 is 2.10 bits per heavy atom. The Kier molecular flexibility index (Phi) is 5.53. The van der Waals surface area contributed by atoms with Gasteiger partial charge in [-0.25, -0.2) is 9.97 Å². The molecule has 0 aliphatic carbocycles. The number of anilines is 1. The standard InChI is InChI=1S/C16H26N4O/c1-4-5-8-19(3)16(21)14-6-9-20(10-7-14)15-11-13(2)17-12-18-15/h11-12,14H,4-10H2,1-3H3. The molecule has 2 rings (SSSR count). The first-order chi connectivity index (χ1) is 10.1. The largest absolute Gasteiger partial charge is 0.356 e. The van der Waals surface area contributed by atoms with Crippen molar-refractivity contribution in [2.24, 2.45) is 5.92 Å². The molecule has 5 nitrogen and oxygen atoms in total. The van der Waals surface area contributed by atoms with E-state index in [1.807, 2.05) is 24.9 Å². The molecule has 1 saturated heterocycles. The predicted octanol–water partition coefficient (Wildman–Crippen LogP) is 2.26. The third-order valence-corrected chi connectivity index (χ3v) is 4.18. The summed E-state index contributed by atoms with van der Waals surface area (Å²) in [4.78, 5) is 25.0. The van der Waals surface area contributed by atoms with Crippen molar-refractivity contribution in [1.82, 2.24) is 14.9 Å². The molecule has 1 aliphatic heterocycles. The molecule has 5 heteroatoms. The van der Waals surface area contributed by atoms with Gasteiger partial charge < -0.3 is 9.80 Å². The van der Waals surface area contributed by atoms with Gasteiger partial charge in [0.25, 0.3) is 0 Å². The second-order valence-corrected chi connectivity index (χ2v) is 5.89. The average molecular weight is 290 g/mol. The Balaban J connectivity index is 1.87. The minimum atomic E-state index is 0.172. The summed E-state index contributed by atoms with van der Waals surface area (Å²) in [6.45, 7) is 6.80. The van der Waals surface area contributed by atoms with Crippen LogP contribution in [-0.4, -0.2) is 47.5 Å². The zero-order chi connectivity index (χ0) is 15.2. The normalized spacial score (nSPS) is 16.0. The van der Waals surface area contributed by atoms with Crippen molar-refractivity contribution in [1.29, 1.82) is 0 Å². The van der Waals surface area contributed by atoms with Crippen LogP contribution in [0.5, 0.6) is 0 Å². The van der Waals surface area contributed by atoms with E-state index in [-0.39, 0.29) is 5.92 Å². The van der Waals surface area contributed by atoms with Crippen molar-refractivity contribution in [3.63, 3.8) is 0 Å². The SMILES string of the molecule is CCCCN(C)C(=O)C1CCN(c2cc(C)ncn2)CC1. The molecular weight excluding hydrogens is 264 g/mol. The van der Waals surface area contributed by atoms with Crippen LogP contribution in [0, 0.1) is 12.8 Å². The average Bonchev–Trinajstić information content (AvgIpc) is 2.52. The van der Waals surface area contributed by atoms with Crippen molar-refractivity contribution in [3.05, 3.63) is 18.1 Å². The van der Waals surface area contributed by atoms with Gasteiger partial charge in [0.2, 0.25) is 5.91 Å². The Morgan fingerprint density at radius 1 is 1.38 bits per heavy atom. The monoisotopic (exact) mass is 290 g/mol. The van der Waals surface area contributed by atoms with Crippen molar-refractivity contribution in [2.75, 3.05) is 31.6 Å². The number of hydrogen-bond donors (Lipinski definition) is 0. The minimum absolute atomic E-state index is 0.172. The van der Waals surface area contributed by atoms with E-state index < -0.39 is 0 Å². The summed E-state index contributed by atoms with van der Waals surface area (Å²) in [5, 5.41) is 0. The molecule has 0 saturated carbocycles. The Morgan fingerprint density at radius 3 is 2.71 bits per heavy atom. The van der Waals surface area contributed by atoms with Crippen molar-refractivity contribution in [3.8, 4) is 0 Å². The maximum Gasteiger partial charge on any atom is 0.225 e. The van der Waals surface area contributed by atoms with E-state index in [0.717, 1.165) is 56.8 Å². The van der Waals surface area contributed by atoms with E-state index in [2.05, 4.69) is 21.8 Å². The van der Waals surface area contributed by atoms with E-state index >= 15 is 0 Å². The third kappa shape index (κ3) is 4.16. The van der Waals surface area contributed by atoms with E-state index in [1.165, 1.54) is 0 Å². The molecule has 0 radical (unpaired) electrons. The Labute approximate surface area is 127 Å². The minimum Gasteiger partial charge on any atom is -0.356 e. The van der Waals surface area contributed by atoms with E-state index in [1.54, 1.807) is 6.33 Å². The number of aromatic nitrogens is 2. The molecule has 1 fully saturated rings. The van der Waals surface area contributed by atoms with Gasteiger partial charge in [0.15, 0.2) is 0 Å². The van der Waals surface area contributed by atoms with Gasteiger partial charge in [-0.3, -0.25) is 4.79 Å². The van der Waals surface area contributed by atoms with Crippen LogP contribution in [0.2, 0.25) is 0 Å². The van der Waals surface area contributed by atoms with Gasteiger partial charge in [0.1, 0.15) is 12.1 Å². The summed E-state index contributed by atoms with van der Waals surface area (Å²) in [5.74, 6) is 1.46. The van der Waals surface area contributed by atoms with Crippen LogP contribution < -0.4 is 4.90 Å². The fraction of sp³-hybridized carbons (Fsp3) is 0.688. The zero-order valence-electron chi connectivity index (χ0n) is 13.4. The van der Waals surface area contributed by atoms with Gasteiger partial charge in [0.05, 0.1) is 0 Å². The summed E-state index contributed by atoms with van der Waals surface area (Å²) < 4.78 is 0. The van der Waals surface area contributed by atoms with Crippen LogP contribution >= 0.6 is 0 Å². The highest BCUT2D eigenvalue weighted by molar-refractivity contribution is 5.78. The topological polar surface area (TPSA) is 49.3 Å². The molecular formula is C16H26N4O. The van der Waals surface area contributed by atoms with Crippen molar-refractivity contribution >= 4 is 11.7 Å². The van der Waals surface area contributed by atoms with Crippen LogP contribution in [0.15, 0.2) is 12.4 Å². The number of piperidine rings is 1. The van der Waals surface area contributed by atoms with E-state index in [0.29, 0.717) is 5.91 Å². The van der Waals surface area contributed by atoms with E-state index in [4.69, 9.17) is 0 Å². The molecule has 2 heterocycles. The highest BCUT2D eigenvalue weighted by Crippen LogP contribution is 2.23. The van der Waals surface area contributed by atoms with Crippen molar-refractivity contribution in [2.45, 2.75) is 39.5 Å². The maximum absolute atomic E-state index is 12.4. The van der Waals surface area contributed by atoms with Gasteiger partial charge in [0, 0.05) is 44.4 Å². The lowest BCUT2D eigenvalue weighted by Crippen LogP contribution is -2.41. The number of carbonyl (C=O) groups excluding carboxylic acids is 1. The molecule has 0 atom stereocenters. The number of aryl methyl sites for hydroxylation is 1. The number of hydrogen-bond acceptors (Lipinski definition) is 4. The summed E-state index contributed by atoms with van der Waals surface area (Å²) in [7, 11) is 1.93. The second kappa shape index (κ2) is 7.38. The lowest BCUT2D eigenvalue weighted by atomic mass is 9.95. The van der Waals surface area contributed by atoms with Gasteiger partial charge in [-0.2, -0.15) is 0 Å². The van der Waals surface area contributed by atoms with Crippen molar-refractivity contribution < 1.29 is 4.79 Å². The van der Waals surface area contributed by atoms with E-state index in [9.17, 15) is 4.79 Å². The van der Waals surface area contributed by atoms with Crippen LogP contribution in [0.25, 0.3) is 0 Å². The maximum atomic E-state index is 12.4. The predicted molar refractivity (Wildman–Crippen MR) is 84.3 cm³/mol. The zero-order valence-corrected chi connectivity index (χ0v) is 13.4. The van der Waals surface area contributed by atoms with Gasteiger partial charge in [-0.05, 0) is 26.2 Å². The molecule has 0 unspecified atom stereocenters. The summed E-state index contributed by atoms with van der Waals surface area (Å²) in [6, 6.07) is 2.01. The van der Waals surface area contributed by atoms with Gasteiger partial charge in [-0.15, -0.1) is 0 Å². The fourth-order valence-corrected chi connectivity index (χ4v) is 2.79. The molecule has 116 valence electrons. The Hall–Kier alpha value is -1.65. The van der Waals surface area contributed by atoms with Crippen LogP contribution in [0.1, 0.15) is 38.3 Å². The summed E-state index contributed by atoms with van der Waals surface area (Å²) in [5.41, 5.74) is 0.984. The number of unbranched alkanes of at least 4 members (excludes halogenated alkanes) is 1. The third-order valence-electron chi connectivity index (χ3n) is 4.18. The number of nitrogens with zero attached hydrogens (tertiary/aromatic N) is 4. The highest BCUT2D eigenvalue weighted by Gasteiger charge is 2.27. The molecule has 1 amide bonds. The molecule has 0 aromatic carbocycles. The second-order valence-electron chi connectivity index (χ2n) is 5.89. The molecule has 21 heavy (non-hydrogen) atoms. The molecule has 0 spiro atoms. The van der Waals surface area contributed by atoms with Crippen LogP contribution in [-0.2, 0) is 4.79 Å². The number of amides is 1. The molecule has 1 aromatic heterocycles. The lowest BCUT2D eigenvalue weighted by Gasteiger charge is -2.33. The van der Waals surface area contributed by atoms with Crippen LogP contribution in [0.3, 0.4) is 0 Å². The molecule has 0 N–H and O–H groups in total. The van der Waals surface area contributed by atoms with Gasteiger partial charge in [-0.1, -0.05) is 13.3 Å². The smallest absolute Gasteiger partial charge is 0.225 e. The quantitative estimate of drug-likeness (QED) is 0.834. The van der Waals surface area contributed by atoms with Gasteiger partial charge >= 0.3 is 0 Å². The highest BCUT2D eigenvalue weighted by atomic mass is 16.2. The summed E-state index contributed by atoms with van der Waals surface area (Å²) in [6.07, 6.45) is 5.65. The first-order valence-electron chi connectivity index (χ1n) is 7.90. The molecule has 0 bridgehead atoms. The first kappa shape index (κ1) is 15.7. The molecule has 1 aliphatic rings.